The number of halogens is 3. The van der Waals surface area contributed by atoms with Gasteiger partial charge in [0.1, 0.15) is 0 Å². The molecule has 1 rings (SSSR count). The molecule has 0 saturated heterocycles. The van der Waals surface area contributed by atoms with E-state index in [4.69, 9.17) is 5.73 Å². The Morgan fingerprint density at radius 2 is 1.92 bits per heavy atom. The first-order chi connectivity index (χ1) is 5.04. The van der Waals surface area contributed by atoms with Gasteiger partial charge in [-0.2, -0.15) is 11.3 Å². The summed E-state index contributed by atoms with van der Waals surface area (Å²) in [5, 5.41) is 0. The molecule has 62 valence electrons. The third-order valence-corrected chi connectivity index (χ3v) is 2.41. The summed E-state index contributed by atoms with van der Waals surface area (Å²) in [6.45, 7) is -4.65. The van der Waals surface area contributed by atoms with E-state index >= 15 is 0 Å². The van der Waals surface area contributed by atoms with Crippen LogP contribution in [0.5, 0.6) is 0 Å². The molecule has 0 atom stereocenters. The molecule has 0 amide bonds. The summed E-state index contributed by atoms with van der Waals surface area (Å²) in [5.41, 5.74) is 5.16. The maximum atomic E-state index is 12.0. The van der Waals surface area contributed by atoms with Crippen LogP contribution in [0.3, 0.4) is 0 Å². The fourth-order valence-corrected chi connectivity index (χ4v) is 1.47. The molecule has 0 bridgehead atoms. The first-order valence-corrected chi connectivity index (χ1v) is 3.84. The van der Waals surface area contributed by atoms with E-state index in [1.165, 1.54) is 6.07 Å². The van der Waals surface area contributed by atoms with Gasteiger partial charge in [-0.25, -0.2) is 0 Å². The van der Waals surface area contributed by atoms with Crippen LogP contribution in [-0.2, 0) is 6.54 Å². The SMILES string of the molecule is NCc1ccc([B-](F)(F)F)s1.[K+]. The Morgan fingerprint density at radius 1 is 1.33 bits per heavy atom. The van der Waals surface area contributed by atoms with E-state index < -0.39 is 11.8 Å². The van der Waals surface area contributed by atoms with E-state index in [-0.39, 0.29) is 57.9 Å². The van der Waals surface area contributed by atoms with Gasteiger partial charge in [-0.05, 0) is 6.07 Å². The zero-order valence-corrected chi connectivity index (χ0v) is 10.5. The van der Waals surface area contributed by atoms with Gasteiger partial charge in [0.05, 0.1) is 0 Å². The van der Waals surface area contributed by atoms with Crippen molar-refractivity contribution in [3.8, 4) is 0 Å². The standard InChI is InChI=1S/C5H6BF3NS.K/c7-6(8,9)5-2-1-4(3-10)11-5;/h1-2H,3,10H2;/q-1;+1. The fraction of sp³-hybridized carbons (Fsp3) is 0.200. The van der Waals surface area contributed by atoms with Crippen molar-refractivity contribution in [1.82, 2.24) is 0 Å². The third-order valence-electron chi connectivity index (χ3n) is 1.21. The molecule has 1 nitrogen and oxygen atoms in total. The Morgan fingerprint density at radius 3 is 2.17 bits per heavy atom. The average Bonchev–Trinajstić information content (AvgIpc) is 2.32. The van der Waals surface area contributed by atoms with Crippen LogP contribution in [0.15, 0.2) is 12.1 Å². The number of rotatable bonds is 2. The molecular weight excluding hydrogens is 213 g/mol. The second-order valence-electron chi connectivity index (χ2n) is 2.08. The molecule has 1 aromatic rings. The Labute approximate surface area is 115 Å². The Bertz CT molecular complexity index is 249. The van der Waals surface area contributed by atoms with E-state index in [2.05, 4.69) is 0 Å². The molecule has 0 fully saturated rings. The van der Waals surface area contributed by atoms with E-state index in [0.29, 0.717) is 4.88 Å². The normalized spacial score (nSPS) is 11.0. The molecule has 0 saturated carbocycles. The molecule has 0 aromatic carbocycles. The van der Waals surface area contributed by atoms with Gasteiger partial charge in [0.15, 0.2) is 0 Å². The Hall–Kier alpha value is 1.15. The molecule has 1 aromatic heterocycles. The summed E-state index contributed by atoms with van der Waals surface area (Å²) in [5.74, 6) is 0. The van der Waals surface area contributed by atoms with Crippen LogP contribution >= 0.6 is 11.3 Å². The number of nitrogens with two attached hydrogens (primary N) is 1. The summed E-state index contributed by atoms with van der Waals surface area (Å²) in [4.78, 5) is 0.569. The number of hydrogen-bond acceptors (Lipinski definition) is 2. The summed E-state index contributed by atoms with van der Waals surface area (Å²) < 4.78 is 35.4. The van der Waals surface area contributed by atoms with Gasteiger partial charge in [0.25, 0.3) is 0 Å². The minimum atomic E-state index is -4.83. The van der Waals surface area contributed by atoms with Gasteiger partial charge in [-0.3, -0.25) is 0 Å². The van der Waals surface area contributed by atoms with Crippen LogP contribution in [0.4, 0.5) is 12.9 Å². The fourth-order valence-electron chi connectivity index (χ4n) is 0.680. The van der Waals surface area contributed by atoms with Gasteiger partial charge in [-0.1, -0.05) is 10.8 Å². The monoisotopic (exact) mass is 219 g/mol. The van der Waals surface area contributed by atoms with E-state index in [1.807, 2.05) is 0 Å². The smallest absolute Gasteiger partial charge is 0.444 e. The predicted octanol–water partition coefficient (Wildman–Crippen LogP) is -1.73. The van der Waals surface area contributed by atoms with Gasteiger partial charge in [-0.15, -0.1) is 0 Å². The van der Waals surface area contributed by atoms with Crippen molar-refractivity contribution in [2.45, 2.75) is 6.54 Å². The molecule has 1 heterocycles. The number of thiophene rings is 1. The second kappa shape index (κ2) is 5.14. The molecule has 7 heteroatoms. The molecule has 0 unspecified atom stereocenters. The van der Waals surface area contributed by atoms with Crippen molar-refractivity contribution in [2.75, 3.05) is 0 Å². The summed E-state index contributed by atoms with van der Waals surface area (Å²) in [7, 11) is 0. The third kappa shape index (κ3) is 3.49. The van der Waals surface area contributed by atoms with Crippen molar-refractivity contribution in [3.63, 3.8) is 0 Å². The van der Waals surface area contributed by atoms with Gasteiger partial charge < -0.3 is 18.7 Å². The first-order valence-electron chi connectivity index (χ1n) is 3.02. The van der Waals surface area contributed by atoms with E-state index in [9.17, 15) is 12.9 Å². The molecule has 0 radical (unpaired) electrons. The van der Waals surface area contributed by atoms with Gasteiger partial charge >= 0.3 is 58.4 Å². The Balaban J connectivity index is 0.00000121. The maximum Gasteiger partial charge on any atom is 1.00 e. The summed E-state index contributed by atoms with van der Waals surface area (Å²) in [6.07, 6.45) is 0. The summed E-state index contributed by atoms with van der Waals surface area (Å²) >= 11 is 0.718. The van der Waals surface area contributed by atoms with Crippen molar-refractivity contribution < 1.29 is 64.3 Å². The molecule has 12 heavy (non-hydrogen) atoms. The zero-order chi connectivity index (χ0) is 8.48. The van der Waals surface area contributed by atoms with Crippen LogP contribution in [0, 0.1) is 0 Å². The topological polar surface area (TPSA) is 26.0 Å². The maximum absolute atomic E-state index is 12.0. The zero-order valence-electron chi connectivity index (χ0n) is 6.56. The minimum absolute atomic E-state index is 0. The van der Waals surface area contributed by atoms with E-state index in [1.54, 1.807) is 0 Å². The molecular formula is C5H6BF3KNS. The molecule has 2 N–H and O–H groups in total. The van der Waals surface area contributed by atoms with Crippen LogP contribution in [-0.4, -0.2) is 6.98 Å². The molecule has 0 spiro atoms. The number of hydrogen-bond donors (Lipinski definition) is 1. The van der Waals surface area contributed by atoms with Gasteiger partial charge in [0, 0.05) is 11.4 Å². The van der Waals surface area contributed by atoms with Crippen molar-refractivity contribution in [3.05, 3.63) is 17.0 Å². The van der Waals surface area contributed by atoms with Crippen LogP contribution in [0.25, 0.3) is 0 Å². The van der Waals surface area contributed by atoms with Crippen LogP contribution in [0.2, 0.25) is 0 Å². The molecule has 0 aliphatic carbocycles. The predicted molar refractivity (Wildman–Crippen MR) is 40.9 cm³/mol. The van der Waals surface area contributed by atoms with Crippen LogP contribution < -0.4 is 61.9 Å². The quantitative estimate of drug-likeness (QED) is 0.587. The Kier molecular flexibility index (Phi) is 5.63. The second-order valence-corrected chi connectivity index (χ2v) is 3.28. The molecule has 0 aliphatic rings. The average molecular weight is 219 g/mol. The summed E-state index contributed by atoms with van der Waals surface area (Å²) in [6, 6.07) is 2.49. The minimum Gasteiger partial charge on any atom is -0.444 e. The van der Waals surface area contributed by atoms with Crippen molar-refractivity contribution >= 4 is 23.1 Å². The first kappa shape index (κ1) is 13.2. The van der Waals surface area contributed by atoms with Gasteiger partial charge in [0.2, 0.25) is 0 Å². The van der Waals surface area contributed by atoms with Crippen molar-refractivity contribution in [1.29, 1.82) is 0 Å². The largest absolute Gasteiger partial charge is 1.00 e. The van der Waals surface area contributed by atoms with Crippen LogP contribution in [0.1, 0.15) is 4.88 Å². The van der Waals surface area contributed by atoms with E-state index in [0.717, 1.165) is 17.4 Å². The molecule has 0 aliphatic heterocycles. The van der Waals surface area contributed by atoms with Crippen molar-refractivity contribution in [2.24, 2.45) is 5.73 Å².